The highest BCUT2D eigenvalue weighted by Crippen LogP contribution is 2.30. The molecule has 2 aromatic rings. The first-order chi connectivity index (χ1) is 13.6. The molecule has 0 aromatic carbocycles. The second kappa shape index (κ2) is 7.96. The van der Waals surface area contributed by atoms with Gasteiger partial charge in [0.15, 0.2) is 5.76 Å². The molecular weight excluding hydrogens is 356 g/mol. The summed E-state index contributed by atoms with van der Waals surface area (Å²) >= 11 is 0. The van der Waals surface area contributed by atoms with Gasteiger partial charge in [-0.2, -0.15) is 5.10 Å². The lowest BCUT2D eigenvalue weighted by atomic mass is 9.93. The van der Waals surface area contributed by atoms with Gasteiger partial charge < -0.3 is 9.73 Å². The average Bonchev–Trinajstić information content (AvgIpc) is 3.35. The molecule has 0 atom stereocenters. The van der Waals surface area contributed by atoms with Gasteiger partial charge in [-0.25, -0.2) is 5.43 Å². The second-order valence-electron chi connectivity index (χ2n) is 7.40. The largest absolute Gasteiger partial charge is 0.455 e. The lowest BCUT2D eigenvalue weighted by Crippen LogP contribution is -2.32. The standard InChI is InChI=1S/C21H24N4O3/c1-13-18-16(24-25-20(26)14-9-11-22-12-10-14)7-4-8-17(18)28-19(13)21(27)23-15-5-2-3-6-15/h9-12,15H,2-8H2,1H3,(H,23,27)(H,25,26)/b24-16+. The van der Waals surface area contributed by atoms with Crippen LogP contribution in [-0.2, 0) is 6.42 Å². The third-order valence-corrected chi connectivity index (χ3v) is 5.46. The van der Waals surface area contributed by atoms with Crippen LogP contribution >= 0.6 is 0 Å². The second-order valence-corrected chi connectivity index (χ2v) is 7.40. The van der Waals surface area contributed by atoms with Crippen LogP contribution in [-0.4, -0.2) is 28.6 Å². The summed E-state index contributed by atoms with van der Waals surface area (Å²) in [6.45, 7) is 1.89. The summed E-state index contributed by atoms with van der Waals surface area (Å²) in [5, 5.41) is 7.43. The van der Waals surface area contributed by atoms with Crippen molar-refractivity contribution < 1.29 is 14.0 Å². The number of pyridine rings is 1. The summed E-state index contributed by atoms with van der Waals surface area (Å²) in [6.07, 6.45) is 9.87. The zero-order chi connectivity index (χ0) is 19.5. The SMILES string of the molecule is Cc1c(C(=O)NC2CCCC2)oc2c1/C(=N/NC(=O)c1ccncc1)CCC2. The van der Waals surface area contributed by atoms with Crippen LogP contribution in [0.15, 0.2) is 34.0 Å². The van der Waals surface area contributed by atoms with E-state index in [-0.39, 0.29) is 17.9 Å². The zero-order valence-electron chi connectivity index (χ0n) is 16.0. The third-order valence-electron chi connectivity index (χ3n) is 5.46. The lowest BCUT2D eigenvalue weighted by Gasteiger charge is -2.13. The first kappa shape index (κ1) is 18.4. The van der Waals surface area contributed by atoms with Gasteiger partial charge in [-0.05, 0) is 44.7 Å². The van der Waals surface area contributed by atoms with Crippen molar-refractivity contribution in [3.8, 4) is 0 Å². The highest BCUT2D eigenvalue weighted by molar-refractivity contribution is 6.07. The molecule has 2 aliphatic rings. The molecule has 0 aliphatic heterocycles. The van der Waals surface area contributed by atoms with E-state index >= 15 is 0 Å². The van der Waals surface area contributed by atoms with Gasteiger partial charge in [-0.3, -0.25) is 14.6 Å². The van der Waals surface area contributed by atoms with Crippen molar-refractivity contribution in [3.63, 3.8) is 0 Å². The molecule has 0 saturated heterocycles. The maximum absolute atomic E-state index is 12.7. The predicted octanol–water partition coefficient (Wildman–Crippen LogP) is 3.13. The number of carbonyl (C=O) groups excluding carboxylic acids is 2. The molecule has 0 spiro atoms. The highest BCUT2D eigenvalue weighted by atomic mass is 16.4. The minimum absolute atomic E-state index is 0.154. The molecule has 0 radical (unpaired) electrons. The highest BCUT2D eigenvalue weighted by Gasteiger charge is 2.29. The van der Waals surface area contributed by atoms with E-state index in [1.165, 1.54) is 0 Å². The Bertz CT molecular complexity index is 911. The number of aryl methyl sites for hydroxylation is 1. The Morgan fingerprint density at radius 2 is 1.86 bits per heavy atom. The van der Waals surface area contributed by atoms with Crippen LogP contribution in [0.2, 0.25) is 0 Å². The van der Waals surface area contributed by atoms with E-state index in [0.29, 0.717) is 11.3 Å². The number of hydrogen-bond donors (Lipinski definition) is 2. The number of rotatable bonds is 4. The summed E-state index contributed by atoms with van der Waals surface area (Å²) < 4.78 is 5.92. The number of carbonyl (C=O) groups is 2. The van der Waals surface area contributed by atoms with Crippen LogP contribution in [0.1, 0.15) is 76.3 Å². The number of nitrogens with one attached hydrogen (secondary N) is 2. The van der Waals surface area contributed by atoms with Crippen LogP contribution in [0.25, 0.3) is 0 Å². The molecule has 0 unspecified atom stereocenters. The van der Waals surface area contributed by atoms with Gasteiger partial charge in [0.2, 0.25) is 0 Å². The molecule has 2 N–H and O–H groups in total. The van der Waals surface area contributed by atoms with Crippen LogP contribution < -0.4 is 10.7 Å². The van der Waals surface area contributed by atoms with Crippen molar-refractivity contribution in [2.75, 3.05) is 0 Å². The predicted molar refractivity (Wildman–Crippen MR) is 104 cm³/mol. The number of furan rings is 1. The maximum atomic E-state index is 12.7. The van der Waals surface area contributed by atoms with Crippen LogP contribution in [0.3, 0.4) is 0 Å². The van der Waals surface area contributed by atoms with Gasteiger partial charge in [-0.1, -0.05) is 12.8 Å². The molecule has 2 amide bonds. The number of amides is 2. The molecule has 1 fully saturated rings. The summed E-state index contributed by atoms with van der Waals surface area (Å²) in [5.41, 5.74) is 5.52. The van der Waals surface area contributed by atoms with Crippen molar-refractivity contribution >= 4 is 17.5 Å². The summed E-state index contributed by atoms with van der Waals surface area (Å²) in [7, 11) is 0. The molecule has 146 valence electrons. The Kier molecular flexibility index (Phi) is 5.23. The molecular formula is C21H24N4O3. The van der Waals surface area contributed by atoms with Crippen molar-refractivity contribution in [2.45, 2.75) is 57.9 Å². The fourth-order valence-electron chi connectivity index (χ4n) is 4.00. The Labute approximate surface area is 163 Å². The van der Waals surface area contributed by atoms with Crippen molar-refractivity contribution in [1.82, 2.24) is 15.7 Å². The first-order valence-corrected chi connectivity index (χ1v) is 9.84. The molecule has 4 rings (SSSR count). The van der Waals surface area contributed by atoms with E-state index in [1.54, 1.807) is 24.5 Å². The number of nitrogens with zero attached hydrogens (tertiary/aromatic N) is 2. The zero-order valence-corrected chi connectivity index (χ0v) is 16.0. The molecule has 28 heavy (non-hydrogen) atoms. The summed E-state index contributed by atoms with van der Waals surface area (Å²) in [5.74, 6) is 0.700. The number of fused-ring (bicyclic) bond motifs is 1. The van der Waals surface area contributed by atoms with Gasteiger partial charge in [0.05, 0.1) is 5.71 Å². The van der Waals surface area contributed by atoms with Crippen LogP contribution in [0.4, 0.5) is 0 Å². The number of hydrazone groups is 1. The Morgan fingerprint density at radius 3 is 2.61 bits per heavy atom. The van der Waals surface area contributed by atoms with E-state index in [4.69, 9.17) is 4.42 Å². The van der Waals surface area contributed by atoms with Crippen LogP contribution in [0, 0.1) is 6.92 Å². The van der Waals surface area contributed by atoms with Gasteiger partial charge in [0, 0.05) is 41.5 Å². The summed E-state index contributed by atoms with van der Waals surface area (Å²) in [6, 6.07) is 3.51. The molecule has 7 nitrogen and oxygen atoms in total. The lowest BCUT2D eigenvalue weighted by molar-refractivity contribution is 0.0906. The van der Waals surface area contributed by atoms with Gasteiger partial charge in [0.1, 0.15) is 5.76 Å². The normalized spacial score (nSPS) is 18.1. The fraction of sp³-hybridized carbons (Fsp3) is 0.429. The van der Waals surface area contributed by atoms with Crippen molar-refractivity contribution in [1.29, 1.82) is 0 Å². The molecule has 2 heterocycles. The molecule has 2 aliphatic carbocycles. The molecule has 0 bridgehead atoms. The van der Waals surface area contributed by atoms with E-state index < -0.39 is 0 Å². The molecule has 7 heteroatoms. The quantitative estimate of drug-likeness (QED) is 0.797. The van der Waals surface area contributed by atoms with E-state index in [0.717, 1.165) is 67.5 Å². The average molecular weight is 380 g/mol. The number of hydrogen-bond acceptors (Lipinski definition) is 5. The fourth-order valence-corrected chi connectivity index (χ4v) is 4.00. The smallest absolute Gasteiger partial charge is 0.287 e. The van der Waals surface area contributed by atoms with Gasteiger partial charge in [0.25, 0.3) is 11.8 Å². The topological polar surface area (TPSA) is 96.6 Å². The van der Waals surface area contributed by atoms with E-state index in [2.05, 4.69) is 20.8 Å². The third kappa shape index (κ3) is 3.69. The minimum atomic E-state index is -0.289. The van der Waals surface area contributed by atoms with E-state index in [9.17, 15) is 9.59 Å². The molecule has 1 saturated carbocycles. The maximum Gasteiger partial charge on any atom is 0.287 e. The Morgan fingerprint density at radius 1 is 1.11 bits per heavy atom. The summed E-state index contributed by atoms with van der Waals surface area (Å²) in [4.78, 5) is 28.8. The van der Waals surface area contributed by atoms with E-state index in [1.807, 2.05) is 6.92 Å². The van der Waals surface area contributed by atoms with Gasteiger partial charge in [-0.15, -0.1) is 0 Å². The van der Waals surface area contributed by atoms with Crippen molar-refractivity contribution in [2.24, 2.45) is 5.10 Å². The first-order valence-electron chi connectivity index (χ1n) is 9.84. The molecule has 2 aromatic heterocycles. The van der Waals surface area contributed by atoms with Crippen LogP contribution in [0.5, 0.6) is 0 Å². The number of aromatic nitrogens is 1. The Balaban J connectivity index is 1.54. The monoisotopic (exact) mass is 380 g/mol. The minimum Gasteiger partial charge on any atom is -0.455 e. The van der Waals surface area contributed by atoms with Gasteiger partial charge >= 0.3 is 0 Å². The van der Waals surface area contributed by atoms with Crippen molar-refractivity contribution in [3.05, 3.63) is 52.7 Å². The Hall–Kier alpha value is -2.96.